The van der Waals surface area contributed by atoms with Crippen LogP contribution in [0.4, 0.5) is 4.39 Å². The zero-order valence-corrected chi connectivity index (χ0v) is 24.7. The molecule has 4 rings (SSSR count). The molecule has 228 valence electrons. The Morgan fingerprint density at radius 1 is 1.10 bits per heavy atom. The van der Waals surface area contributed by atoms with Crippen molar-refractivity contribution in [3.63, 3.8) is 0 Å². The normalized spacial score (nSPS) is 22.6. The quantitative estimate of drug-likeness (QED) is 0.392. The minimum absolute atomic E-state index is 0.128. The Hall–Kier alpha value is -2.56. The molecule has 1 aromatic rings. The third kappa shape index (κ3) is 8.05. The van der Waals surface area contributed by atoms with E-state index in [0.717, 1.165) is 44.3 Å². The molecular weight excluding hydrogens is 527 g/mol. The minimum atomic E-state index is -0.797. The molecule has 3 fully saturated rings. The van der Waals surface area contributed by atoms with E-state index in [1.165, 1.54) is 18.6 Å². The number of carbonyl (C=O) groups excluding carboxylic acids is 3. The van der Waals surface area contributed by atoms with Gasteiger partial charge in [-0.25, -0.2) is 4.39 Å². The summed E-state index contributed by atoms with van der Waals surface area (Å²) >= 11 is 0. The average Bonchev–Trinajstić information content (AvgIpc) is 3.01. The summed E-state index contributed by atoms with van der Waals surface area (Å²) in [6.45, 7) is 6.40. The fourth-order valence-corrected chi connectivity index (χ4v) is 6.79. The molecule has 2 aliphatic heterocycles. The maximum absolute atomic E-state index is 14.0. The number of likely N-dealkylation sites (tertiary alicyclic amines) is 1. The molecule has 2 N–H and O–H groups in total. The van der Waals surface area contributed by atoms with Gasteiger partial charge < -0.3 is 25.0 Å². The first-order valence-corrected chi connectivity index (χ1v) is 15.3. The van der Waals surface area contributed by atoms with Gasteiger partial charge in [0.2, 0.25) is 11.8 Å². The fourth-order valence-electron chi connectivity index (χ4n) is 6.79. The number of hydrogen-bond donors (Lipinski definition) is 2. The monoisotopic (exact) mass is 574 g/mol. The molecule has 9 nitrogen and oxygen atoms in total. The second kappa shape index (κ2) is 15.1. The number of methoxy groups -OCH3 is 1. The van der Waals surface area contributed by atoms with Gasteiger partial charge in [-0.1, -0.05) is 31.4 Å². The smallest absolute Gasteiger partial charge is 0.312 e. The Morgan fingerprint density at radius 3 is 2.46 bits per heavy atom. The van der Waals surface area contributed by atoms with E-state index >= 15 is 0 Å². The summed E-state index contributed by atoms with van der Waals surface area (Å²) in [6, 6.07) is 4.79. The van der Waals surface area contributed by atoms with Crippen molar-refractivity contribution >= 4 is 17.8 Å². The van der Waals surface area contributed by atoms with Crippen LogP contribution < -0.4 is 10.6 Å². The van der Waals surface area contributed by atoms with Crippen LogP contribution in [-0.4, -0.2) is 99.3 Å². The highest BCUT2D eigenvalue weighted by Gasteiger charge is 2.49. The molecule has 0 radical (unpaired) electrons. The lowest BCUT2D eigenvalue weighted by Crippen LogP contribution is -2.61. The number of rotatable bonds is 11. The van der Waals surface area contributed by atoms with Gasteiger partial charge >= 0.3 is 5.97 Å². The van der Waals surface area contributed by atoms with Crippen LogP contribution in [-0.2, 0) is 30.3 Å². The van der Waals surface area contributed by atoms with Crippen molar-refractivity contribution in [1.82, 2.24) is 20.4 Å². The van der Waals surface area contributed by atoms with Gasteiger partial charge in [-0.2, -0.15) is 0 Å². The maximum atomic E-state index is 14.0. The van der Waals surface area contributed by atoms with Crippen LogP contribution in [0.25, 0.3) is 0 Å². The lowest BCUT2D eigenvalue weighted by molar-refractivity contribution is -0.166. The van der Waals surface area contributed by atoms with Crippen molar-refractivity contribution in [3.05, 3.63) is 35.6 Å². The van der Waals surface area contributed by atoms with Gasteiger partial charge in [0.15, 0.2) is 0 Å². The second-order valence-corrected chi connectivity index (χ2v) is 11.7. The highest BCUT2D eigenvalue weighted by atomic mass is 19.1. The minimum Gasteiger partial charge on any atom is -0.466 e. The zero-order chi connectivity index (χ0) is 29.2. The molecule has 3 aliphatic rings. The van der Waals surface area contributed by atoms with Crippen LogP contribution in [0.3, 0.4) is 0 Å². The molecule has 2 saturated heterocycles. The molecule has 0 bridgehead atoms. The number of nitrogens with one attached hydrogen (secondary N) is 2. The molecule has 41 heavy (non-hydrogen) atoms. The fraction of sp³-hybridized carbons (Fsp3) is 0.710. The summed E-state index contributed by atoms with van der Waals surface area (Å²) in [4.78, 5) is 44.6. The van der Waals surface area contributed by atoms with Gasteiger partial charge in [-0.15, -0.1) is 0 Å². The second-order valence-electron chi connectivity index (χ2n) is 11.7. The van der Waals surface area contributed by atoms with Gasteiger partial charge in [0, 0.05) is 52.8 Å². The first kappa shape index (κ1) is 31.4. The van der Waals surface area contributed by atoms with E-state index in [-0.39, 0.29) is 35.9 Å². The molecule has 2 amide bonds. The highest BCUT2D eigenvalue weighted by Crippen LogP contribution is 2.47. The van der Waals surface area contributed by atoms with E-state index < -0.39 is 17.5 Å². The number of amides is 2. The SMILES string of the molecule is CCOC(=O)C1(C2CCCCC2)CCN(C(=O)[C@@H](Cc2ccc(F)cc2)NC(=O)[C@@H]2CN(CCOC)CCN2)CC1. The number of halogens is 1. The molecule has 0 unspecified atom stereocenters. The van der Waals surface area contributed by atoms with Crippen molar-refractivity contribution in [2.24, 2.45) is 11.3 Å². The maximum Gasteiger partial charge on any atom is 0.312 e. The van der Waals surface area contributed by atoms with Crippen LogP contribution in [0.2, 0.25) is 0 Å². The standard InChI is InChI=1S/C31H47FN4O5/c1-3-41-30(39)31(24-7-5-4-6-8-24)13-16-36(17-14-31)29(38)26(21-23-9-11-25(32)12-10-23)34-28(37)27-22-35(18-15-33-27)19-20-40-2/h9-12,24,26-27,33H,3-8,13-22H2,1-2H3,(H,34,37)/t26-,27+/m1/s1. The molecule has 1 aliphatic carbocycles. The first-order valence-electron chi connectivity index (χ1n) is 15.3. The number of hydrogen-bond acceptors (Lipinski definition) is 7. The van der Waals surface area contributed by atoms with E-state index in [2.05, 4.69) is 15.5 Å². The Kier molecular flexibility index (Phi) is 11.5. The summed E-state index contributed by atoms with van der Waals surface area (Å²) in [5.74, 6) is -0.599. The lowest BCUT2D eigenvalue weighted by atomic mass is 9.63. The summed E-state index contributed by atoms with van der Waals surface area (Å²) < 4.78 is 24.4. The molecule has 0 aromatic heterocycles. The summed E-state index contributed by atoms with van der Waals surface area (Å²) in [5, 5.41) is 6.29. The number of carbonyl (C=O) groups is 3. The molecule has 0 spiro atoms. The third-order valence-electron chi connectivity index (χ3n) is 9.19. The van der Waals surface area contributed by atoms with E-state index in [4.69, 9.17) is 9.47 Å². The topological polar surface area (TPSA) is 100 Å². The Morgan fingerprint density at radius 2 is 1.80 bits per heavy atom. The van der Waals surface area contributed by atoms with Crippen molar-refractivity contribution in [2.75, 3.05) is 59.6 Å². The Balaban J connectivity index is 1.46. The zero-order valence-electron chi connectivity index (χ0n) is 24.7. The summed E-state index contributed by atoms with van der Waals surface area (Å²) in [6.07, 6.45) is 6.88. The Labute approximate surface area is 243 Å². The Bertz CT molecular complexity index is 1010. The average molecular weight is 575 g/mol. The lowest BCUT2D eigenvalue weighted by Gasteiger charge is -2.46. The molecular formula is C31H47FN4O5. The first-order chi connectivity index (χ1) is 19.9. The third-order valence-corrected chi connectivity index (χ3v) is 9.19. The largest absolute Gasteiger partial charge is 0.466 e. The van der Waals surface area contributed by atoms with E-state index in [1.54, 1.807) is 24.1 Å². The number of piperazine rings is 1. The number of nitrogens with zero attached hydrogens (tertiary/aromatic N) is 2. The van der Waals surface area contributed by atoms with Gasteiger partial charge in [0.05, 0.1) is 24.7 Å². The van der Waals surface area contributed by atoms with Gasteiger partial charge in [-0.05, 0) is 56.2 Å². The van der Waals surface area contributed by atoms with Crippen LogP contribution in [0.5, 0.6) is 0 Å². The van der Waals surface area contributed by atoms with Gasteiger partial charge in [-0.3, -0.25) is 19.3 Å². The molecule has 2 heterocycles. The van der Waals surface area contributed by atoms with Crippen molar-refractivity contribution in [2.45, 2.75) is 70.4 Å². The van der Waals surface area contributed by atoms with Crippen LogP contribution >= 0.6 is 0 Å². The summed E-state index contributed by atoms with van der Waals surface area (Å²) in [7, 11) is 1.66. The van der Waals surface area contributed by atoms with Crippen molar-refractivity contribution in [3.8, 4) is 0 Å². The van der Waals surface area contributed by atoms with Crippen molar-refractivity contribution in [1.29, 1.82) is 0 Å². The van der Waals surface area contributed by atoms with E-state index in [9.17, 15) is 18.8 Å². The highest BCUT2D eigenvalue weighted by molar-refractivity contribution is 5.90. The number of piperidine rings is 1. The van der Waals surface area contributed by atoms with Crippen LogP contribution in [0.1, 0.15) is 57.4 Å². The molecule has 10 heteroatoms. The molecule has 1 aromatic carbocycles. The van der Waals surface area contributed by atoms with Crippen LogP contribution in [0, 0.1) is 17.2 Å². The number of benzene rings is 1. The number of esters is 1. The predicted octanol–water partition coefficient (Wildman–Crippen LogP) is 2.53. The predicted molar refractivity (Wildman–Crippen MR) is 154 cm³/mol. The summed E-state index contributed by atoms with van der Waals surface area (Å²) in [5.41, 5.74) is 0.212. The van der Waals surface area contributed by atoms with Crippen molar-refractivity contribution < 1.29 is 28.2 Å². The van der Waals surface area contributed by atoms with Crippen LogP contribution in [0.15, 0.2) is 24.3 Å². The number of ether oxygens (including phenoxy) is 2. The van der Waals surface area contributed by atoms with Gasteiger partial charge in [0.25, 0.3) is 0 Å². The molecule has 1 saturated carbocycles. The molecule has 2 atom stereocenters. The van der Waals surface area contributed by atoms with E-state index in [1.807, 2.05) is 6.92 Å². The van der Waals surface area contributed by atoms with E-state index in [0.29, 0.717) is 52.2 Å². The van der Waals surface area contributed by atoms with Gasteiger partial charge in [0.1, 0.15) is 11.9 Å².